The lowest BCUT2D eigenvalue weighted by Gasteiger charge is -2.55. The number of hydrogen-bond donors (Lipinski definition) is 1. The summed E-state index contributed by atoms with van der Waals surface area (Å²) in [5, 5.41) is 13.3. The van der Waals surface area contributed by atoms with Crippen LogP contribution in [-0.2, 0) is 15.0 Å². The number of aliphatic hydroxyl groups excluding tert-OH is 1. The fourth-order valence-electron chi connectivity index (χ4n) is 7.18. The molecule has 0 radical (unpaired) electrons. The van der Waals surface area contributed by atoms with Crippen molar-refractivity contribution in [1.82, 2.24) is 0 Å². The van der Waals surface area contributed by atoms with Crippen LogP contribution in [0.15, 0.2) is 91.0 Å². The van der Waals surface area contributed by atoms with Crippen LogP contribution >= 0.6 is 0 Å². The zero-order valence-corrected chi connectivity index (χ0v) is 18.7. The Bertz CT molecular complexity index is 1470. The van der Waals surface area contributed by atoms with Gasteiger partial charge in [0.1, 0.15) is 0 Å². The highest BCUT2D eigenvalue weighted by atomic mass is 16.3. The Kier molecular flexibility index (Phi) is 3.85. The summed E-state index contributed by atoms with van der Waals surface area (Å²) >= 11 is 0. The van der Waals surface area contributed by atoms with Gasteiger partial charge in [0.15, 0.2) is 0 Å². The largest absolute Gasteiger partial charge is 0.392 e. The molecule has 4 aliphatic rings. The summed E-state index contributed by atoms with van der Waals surface area (Å²) < 4.78 is 0. The molecule has 0 aromatic heterocycles. The molecule has 34 heavy (non-hydrogen) atoms. The molecule has 0 spiro atoms. The van der Waals surface area contributed by atoms with Crippen molar-refractivity contribution >= 4 is 28.3 Å². The van der Waals surface area contributed by atoms with E-state index in [0.29, 0.717) is 5.69 Å². The van der Waals surface area contributed by atoms with Crippen molar-refractivity contribution in [2.45, 2.75) is 24.4 Å². The van der Waals surface area contributed by atoms with Gasteiger partial charge >= 0.3 is 0 Å². The number of benzene rings is 4. The first-order valence-corrected chi connectivity index (χ1v) is 11.8. The molecule has 2 bridgehead atoms. The van der Waals surface area contributed by atoms with Crippen LogP contribution in [0.5, 0.6) is 0 Å². The second kappa shape index (κ2) is 6.64. The number of carbonyl (C=O) groups is 2. The molecule has 4 aromatic carbocycles. The van der Waals surface area contributed by atoms with E-state index in [1.807, 2.05) is 78.9 Å². The zero-order valence-electron chi connectivity index (χ0n) is 18.7. The molecule has 1 fully saturated rings. The molecule has 4 heteroatoms. The summed E-state index contributed by atoms with van der Waals surface area (Å²) in [6.07, 6.45) is -0.854. The van der Waals surface area contributed by atoms with E-state index in [2.05, 4.69) is 12.1 Å². The zero-order chi connectivity index (χ0) is 23.2. The number of nitrogens with zero attached hydrogens (tertiary/aromatic N) is 1. The van der Waals surface area contributed by atoms with Crippen LogP contribution in [0, 0.1) is 11.8 Å². The molecule has 3 atom stereocenters. The average molecular weight is 446 g/mol. The van der Waals surface area contributed by atoms with E-state index >= 15 is 0 Å². The third-order valence-electron chi connectivity index (χ3n) is 8.35. The number of imide groups is 1. The van der Waals surface area contributed by atoms with Crippen LogP contribution in [0.2, 0.25) is 0 Å². The van der Waals surface area contributed by atoms with Crippen molar-refractivity contribution in [1.29, 1.82) is 0 Å². The van der Waals surface area contributed by atoms with Crippen LogP contribution in [0.25, 0.3) is 10.8 Å². The summed E-state index contributed by atoms with van der Waals surface area (Å²) in [5.41, 5.74) is 3.68. The molecule has 4 nitrogen and oxygen atoms in total. The van der Waals surface area contributed by atoms with Crippen molar-refractivity contribution in [2.75, 3.05) is 4.90 Å². The number of aliphatic hydroxyl groups is 1. The molecule has 166 valence electrons. The first kappa shape index (κ1) is 19.7. The highest BCUT2D eigenvalue weighted by Crippen LogP contribution is 2.65. The van der Waals surface area contributed by atoms with E-state index in [-0.39, 0.29) is 17.7 Å². The minimum absolute atomic E-state index is 0.176. The topological polar surface area (TPSA) is 57.6 Å². The molecule has 8 rings (SSSR count). The first-order valence-electron chi connectivity index (χ1n) is 11.8. The van der Waals surface area contributed by atoms with Crippen molar-refractivity contribution in [2.24, 2.45) is 11.8 Å². The van der Waals surface area contributed by atoms with Crippen LogP contribution in [-0.4, -0.2) is 23.0 Å². The summed E-state index contributed by atoms with van der Waals surface area (Å²) in [4.78, 5) is 29.9. The maximum Gasteiger partial charge on any atom is 0.239 e. The van der Waals surface area contributed by atoms with Gasteiger partial charge in [0.05, 0.1) is 29.0 Å². The van der Waals surface area contributed by atoms with Gasteiger partial charge in [-0.15, -0.1) is 0 Å². The number of anilines is 1. The van der Waals surface area contributed by atoms with E-state index in [4.69, 9.17) is 0 Å². The predicted octanol–water partition coefficient (Wildman–Crippen LogP) is 4.77. The molecule has 1 aliphatic heterocycles. The van der Waals surface area contributed by atoms with E-state index < -0.39 is 23.4 Å². The minimum atomic E-state index is -0.974. The van der Waals surface area contributed by atoms with E-state index in [1.165, 1.54) is 4.90 Å². The van der Waals surface area contributed by atoms with Crippen molar-refractivity contribution in [3.05, 3.63) is 113 Å². The second-order valence-corrected chi connectivity index (χ2v) is 9.71. The smallest absolute Gasteiger partial charge is 0.239 e. The van der Waals surface area contributed by atoms with E-state index in [9.17, 15) is 14.7 Å². The number of carbonyl (C=O) groups excluding carboxylic acids is 2. The maximum atomic E-state index is 14.3. The van der Waals surface area contributed by atoms with Crippen LogP contribution in [0.1, 0.15) is 35.1 Å². The third kappa shape index (κ3) is 2.13. The maximum absolute atomic E-state index is 14.3. The quantitative estimate of drug-likeness (QED) is 0.452. The monoisotopic (exact) mass is 445 g/mol. The van der Waals surface area contributed by atoms with Gasteiger partial charge in [0.25, 0.3) is 0 Å². The molecule has 0 saturated carbocycles. The molecular weight excluding hydrogens is 422 g/mol. The Labute approximate surface area is 197 Å². The lowest BCUT2D eigenvalue weighted by molar-refractivity contribution is -0.126. The van der Waals surface area contributed by atoms with E-state index in [1.54, 1.807) is 6.92 Å². The summed E-state index contributed by atoms with van der Waals surface area (Å²) in [6.45, 7) is 1.76. The molecule has 2 amide bonds. The van der Waals surface area contributed by atoms with Crippen LogP contribution in [0.4, 0.5) is 5.69 Å². The normalized spacial score (nSPS) is 27.5. The Balaban J connectivity index is 1.53. The second-order valence-electron chi connectivity index (χ2n) is 9.71. The molecular formula is C30H23NO3. The van der Waals surface area contributed by atoms with Gasteiger partial charge in [0, 0.05) is 11.3 Å². The van der Waals surface area contributed by atoms with Crippen molar-refractivity contribution < 1.29 is 14.7 Å². The molecule has 3 unspecified atom stereocenters. The van der Waals surface area contributed by atoms with Crippen molar-refractivity contribution in [3.63, 3.8) is 0 Å². The molecule has 4 aromatic rings. The molecule has 3 aliphatic carbocycles. The standard InChI is InChI=1S/C30H23NO3/c1-17(32)30-22-14-6-4-12-20(22)25(21-13-5-7-15-23(21)30)26-27(30)29(34)31(28(26)33)24-16-8-10-18-9-2-3-11-19(18)24/h2-17,25-27,32H,1H3. The van der Waals surface area contributed by atoms with E-state index in [0.717, 1.165) is 33.0 Å². The molecule has 1 N–H and O–H groups in total. The van der Waals surface area contributed by atoms with Gasteiger partial charge in [-0.2, -0.15) is 0 Å². The Hall–Kier alpha value is -3.76. The van der Waals surface area contributed by atoms with Gasteiger partial charge in [-0.3, -0.25) is 9.59 Å². The predicted molar refractivity (Wildman–Crippen MR) is 131 cm³/mol. The van der Waals surface area contributed by atoms with Gasteiger partial charge in [-0.25, -0.2) is 4.90 Å². The summed E-state index contributed by atoms with van der Waals surface area (Å²) in [5.74, 6) is -1.82. The molecule has 1 heterocycles. The molecule has 1 saturated heterocycles. The minimum Gasteiger partial charge on any atom is -0.392 e. The van der Waals surface area contributed by atoms with Crippen LogP contribution in [0.3, 0.4) is 0 Å². The van der Waals surface area contributed by atoms with Gasteiger partial charge in [-0.1, -0.05) is 84.9 Å². The fraction of sp³-hybridized carbons (Fsp3) is 0.200. The van der Waals surface area contributed by atoms with Gasteiger partial charge < -0.3 is 5.11 Å². The third-order valence-corrected chi connectivity index (χ3v) is 8.35. The Morgan fingerprint density at radius 1 is 0.765 bits per heavy atom. The summed E-state index contributed by atoms with van der Waals surface area (Å²) in [7, 11) is 0. The highest BCUT2D eigenvalue weighted by Gasteiger charge is 2.69. The summed E-state index contributed by atoms with van der Waals surface area (Å²) in [6, 6.07) is 29.6. The SMILES string of the molecule is CC(O)C12c3ccccc3C(c3ccccc31)C1C(=O)N(c3cccc4ccccc34)C(=O)C12. The van der Waals surface area contributed by atoms with Crippen LogP contribution < -0.4 is 4.90 Å². The fourth-order valence-corrected chi connectivity index (χ4v) is 7.18. The Morgan fingerprint density at radius 2 is 1.35 bits per heavy atom. The lowest BCUT2D eigenvalue weighted by atomic mass is 9.46. The number of rotatable bonds is 2. The Morgan fingerprint density at radius 3 is 2.03 bits per heavy atom. The van der Waals surface area contributed by atoms with Gasteiger partial charge in [0.2, 0.25) is 11.8 Å². The average Bonchev–Trinajstić information content (AvgIpc) is 3.14. The van der Waals surface area contributed by atoms with Crippen molar-refractivity contribution in [3.8, 4) is 0 Å². The first-order chi connectivity index (χ1) is 16.6. The van der Waals surface area contributed by atoms with Gasteiger partial charge in [-0.05, 0) is 40.6 Å². The number of amides is 2. The highest BCUT2D eigenvalue weighted by molar-refractivity contribution is 6.26. The lowest BCUT2D eigenvalue weighted by Crippen LogP contribution is -2.58. The number of hydrogen-bond acceptors (Lipinski definition) is 3. The number of fused-ring (bicyclic) bond motifs is 1.